The van der Waals surface area contributed by atoms with Crippen molar-refractivity contribution in [3.8, 4) is 0 Å². The fraction of sp³-hybridized carbons (Fsp3) is 0.385. The summed E-state index contributed by atoms with van der Waals surface area (Å²) in [5.74, 6) is 1.64. The van der Waals surface area contributed by atoms with Gasteiger partial charge in [-0.2, -0.15) is 0 Å². The number of pyridine rings is 1. The van der Waals surface area contributed by atoms with Crippen molar-refractivity contribution in [1.82, 2.24) is 9.97 Å². The molecule has 2 rings (SSSR count). The van der Waals surface area contributed by atoms with E-state index < -0.39 is 0 Å². The average Bonchev–Trinajstić information content (AvgIpc) is 2.67. The molecule has 0 radical (unpaired) electrons. The van der Waals surface area contributed by atoms with Crippen molar-refractivity contribution in [3.63, 3.8) is 0 Å². The summed E-state index contributed by atoms with van der Waals surface area (Å²) in [4.78, 5) is 8.67. The Balaban J connectivity index is 1.99. The lowest BCUT2D eigenvalue weighted by Gasteiger charge is -2.04. The maximum atomic E-state index is 5.52. The second-order valence-electron chi connectivity index (χ2n) is 3.98. The van der Waals surface area contributed by atoms with E-state index in [9.17, 15) is 0 Å². The quantitative estimate of drug-likeness (QED) is 0.838. The predicted octanol–water partition coefficient (Wildman–Crippen LogP) is 3.41. The lowest BCUT2D eigenvalue weighted by molar-refractivity contribution is 0.431. The Morgan fingerprint density at radius 1 is 1.39 bits per heavy atom. The van der Waals surface area contributed by atoms with Crippen LogP contribution in [0.2, 0.25) is 0 Å². The lowest BCUT2D eigenvalue weighted by atomic mass is 10.3. The van der Waals surface area contributed by atoms with Gasteiger partial charge in [-0.3, -0.25) is 4.98 Å². The van der Waals surface area contributed by atoms with Crippen molar-refractivity contribution in [2.45, 2.75) is 31.7 Å². The van der Waals surface area contributed by atoms with Gasteiger partial charge in [-0.1, -0.05) is 11.8 Å². The Morgan fingerprint density at radius 2 is 2.22 bits per heavy atom. The van der Waals surface area contributed by atoms with Gasteiger partial charge >= 0.3 is 0 Å². The second-order valence-corrected chi connectivity index (χ2v) is 4.90. The van der Waals surface area contributed by atoms with E-state index >= 15 is 0 Å². The first-order valence-electron chi connectivity index (χ1n) is 5.94. The average molecular weight is 263 g/mol. The molecule has 0 aliphatic heterocycles. The molecule has 0 saturated carbocycles. The standard InChI is InChI=1S/C13H17N3OS/c1-4-14-11-5-6-15-12(7-11)8-18-13-16-9(2)10(3)17-13/h5-7H,4,8H2,1-3H3,(H,14,15). The van der Waals surface area contributed by atoms with Crippen LogP contribution >= 0.6 is 11.8 Å². The topological polar surface area (TPSA) is 51.0 Å². The molecule has 0 atom stereocenters. The van der Waals surface area contributed by atoms with E-state index in [1.807, 2.05) is 26.1 Å². The normalized spacial score (nSPS) is 10.6. The zero-order valence-corrected chi connectivity index (χ0v) is 11.7. The number of aryl methyl sites for hydroxylation is 2. The largest absolute Gasteiger partial charge is 0.437 e. The molecular formula is C13H17N3OS. The fourth-order valence-electron chi connectivity index (χ4n) is 1.51. The van der Waals surface area contributed by atoms with Crippen LogP contribution in [0.5, 0.6) is 0 Å². The highest BCUT2D eigenvalue weighted by Gasteiger charge is 2.07. The van der Waals surface area contributed by atoms with Crippen LogP contribution in [0.4, 0.5) is 5.69 Å². The van der Waals surface area contributed by atoms with E-state index in [1.54, 1.807) is 11.8 Å². The molecule has 0 unspecified atom stereocenters. The van der Waals surface area contributed by atoms with Gasteiger partial charge in [0, 0.05) is 24.2 Å². The van der Waals surface area contributed by atoms with Crippen LogP contribution in [0.3, 0.4) is 0 Å². The molecule has 0 amide bonds. The highest BCUT2D eigenvalue weighted by Crippen LogP contribution is 2.24. The molecule has 0 aliphatic carbocycles. The molecule has 2 aromatic heterocycles. The van der Waals surface area contributed by atoms with Crippen LogP contribution < -0.4 is 5.32 Å². The molecule has 18 heavy (non-hydrogen) atoms. The molecule has 96 valence electrons. The summed E-state index contributed by atoms with van der Waals surface area (Å²) in [7, 11) is 0. The first-order chi connectivity index (χ1) is 8.69. The zero-order valence-electron chi connectivity index (χ0n) is 10.9. The van der Waals surface area contributed by atoms with Gasteiger partial charge < -0.3 is 9.73 Å². The summed E-state index contributed by atoms with van der Waals surface area (Å²) >= 11 is 1.57. The molecular weight excluding hydrogens is 246 g/mol. The van der Waals surface area contributed by atoms with E-state index in [1.165, 1.54) is 0 Å². The number of rotatable bonds is 5. The smallest absolute Gasteiger partial charge is 0.256 e. The first-order valence-corrected chi connectivity index (χ1v) is 6.93. The number of nitrogens with one attached hydrogen (secondary N) is 1. The number of hydrogen-bond donors (Lipinski definition) is 1. The SMILES string of the molecule is CCNc1ccnc(CSc2nc(C)c(C)o2)c1. The fourth-order valence-corrected chi connectivity index (χ4v) is 2.33. The Bertz CT molecular complexity index is 505. The molecule has 0 aromatic carbocycles. The predicted molar refractivity (Wildman–Crippen MR) is 73.9 cm³/mol. The summed E-state index contributed by atoms with van der Waals surface area (Å²) in [6, 6.07) is 4.02. The third-order valence-corrected chi connectivity index (χ3v) is 3.41. The van der Waals surface area contributed by atoms with Crippen molar-refractivity contribution in [2.24, 2.45) is 0 Å². The molecule has 0 aliphatic rings. The third kappa shape index (κ3) is 3.26. The zero-order chi connectivity index (χ0) is 13.0. The monoisotopic (exact) mass is 263 g/mol. The Morgan fingerprint density at radius 3 is 2.89 bits per heavy atom. The Hall–Kier alpha value is -1.49. The van der Waals surface area contributed by atoms with E-state index in [2.05, 4.69) is 28.3 Å². The first kappa shape index (κ1) is 13.0. The highest BCUT2D eigenvalue weighted by atomic mass is 32.2. The van der Waals surface area contributed by atoms with Gasteiger partial charge in [-0.25, -0.2) is 4.98 Å². The van der Waals surface area contributed by atoms with Gasteiger partial charge in [-0.15, -0.1) is 0 Å². The van der Waals surface area contributed by atoms with Crippen molar-refractivity contribution in [1.29, 1.82) is 0 Å². The van der Waals surface area contributed by atoms with E-state index in [-0.39, 0.29) is 0 Å². The summed E-state index contributed by atoms with van der Waals surface area (Å²) in [6.07, 6.45) is 1.82. The second kappa shape index (κ2) is 5.91. The molecule has 0 saturated heterocycles. The van der Waals surface area contributed by atoms with Crippen molar-refractivity contribution >= 4 is 17.4 Å². The molecule has 2 aromatic rings. The minimum absolute atomic E-state index is 0.709. The van der Waals surface area contributed by atoms with Gasteiger partial charge in [-0.05, 0) is 32.9 Å². The van der Waals surface area contributed by atoms with Crippen LogP contribution in [-0.2, 0) is 5.75 Å². The number of hydrogen-bond acceptors (Lipinski definition) is 5. The number of nitrogens with zero attached hydrogens (tertiary/aromatic N) is 2. The lowest BCUT2D eigenvalue weighted by Crippen LogP contribution is -1.97. The van der Waals surface area contributed by atoms with Gasteiger partial charge in [0.2, 0.25) is 0 Å². The van der Waals surface area contributed by atoms with Gasteiger partial charge in [0.15, 0.2) is 0 Å². The van der Waals surface area contributed by atoms with Crippen LogP contribution in [-0.4, -0.2) is 16.5 Å². The number of aromatic nitrogens is 2. The van der Waals surface area contributed by atoms with Gasteiger partial charge in [0.25, 0.3) is 5.22 Å². The van der Waals surface area contributed by atoms with E-state index in [0.717, 1.165) is 35.1 Å². The number of oxazole rings is 1. The highest BCUT2D eigenvalue weighted by molar-refractivity contribution is 7.98. The van der Waals surface area contributed by atoms with Gasteiger partial charge in [0.1, 0.15) is 5.76 Å². The molecule has 5 heteroatoms. The maximum Gasteiger partial charge on any atom is 0.256 e. The molecule has 0 spiro atoms. The summed E-state index contributed by atoms with van der Waals surface area (Å²) in [5.41, 5.74) is 3.07. The Labute approximate surface area is 111 Å². The van der Waals surface area contributed by atoms with Crippen molar-refractivity contribution < 1.29 is 4.42 Å². The van der Waals surface area contributed by atoms with E-state index in [4.69, 9.17) is 4.42 Å². The summed E-state index contributed by atoms with van der Waals surface area (Å²) in [5, 5.41) is 3.98. The van der Waals surface area contributed by atoms with Crippen molar-refractivity contribution in [2.75, 3.05) is 11.9 Å². The van der Waals surface area contributed by atoms with Crippen LogP contribution in [0.1, 0.15) is 24.1 Å². The molecule has 4 nitrogen and oxygen atoms in total. The van der Waals surface area contributed by atoms with Crippen LogP contribution in [0.25, 0.3) is 0 Å². The van der Waals surface area contributed by atoms with Crippen LogP contribution in [0.15, 0.2) is 28.0 Å². The minimum Gasteiger partial charge on any atom is -0.437 e. The number of thioether (sulfide) groups is 1. The van der Waals surface area contributed by atoms with Crippen LogP contribution in [0, 0.1) is 13.8 Å². The molecule has 2 heterocycles. The summed E-state index contributed by atoms with van der Waals surface area (Å²) in [6.45, 7) is 6.87. The maximum absolute atomic E-state index is 5.52. The molecule has 1 N–H and O–H groups in total. The van der Waals surface area contributed by atoms with Crippen molar-refractivity contribution in [3.05, 3.63) is 35.5 Å². The summed E-state index contributed by atoms with van der Waals surface area (Å²) < 4.78 is 5.52. The third-order valence-electron chi connectivity index (χ3n) is 2.55. The van der Waals surface area contributed by atoms with Gasteiger partial charge in [0.05, 0.1) is 11.4 Å². The molecule has 0 bridgehead atoms. The Kier molecular flexibility index (Phi) is 4.25. The molecule has 0 fully saturated rings. The minimum atomic E-state index is 0.709. The number of anilines is 1. The van der Waals surface area contributed by atoms with E-state index in [0.29, 0.717) is 5.22 Å².